The highest BCUT2D eigenvalue weighted by molar-refractivity contribution is 7.80. The summed E-state index contributed by atoms with van der Waals surface area (Å²) in [6.45, 7) is 4.74. The topological polar surface area (TPSA) is 71.4 Å². The Labute approximate surface area is 251 Å². The summed E-state index contributed by atoms with van der Waals surface area (Å²) in [7, 11) is 1.59. The molecule has 1 aliphatic heterocycles. The van der Waals surface area contributed by atoms with E-state index in [1.165, 1.54) is 10.8 Å². The summed E-state index contributed by atoms with van der Waals surface area (Å²) in [5.74, 6) is 0.516. The van der Waals surface area contributed by atoms with Gasteiger partial charge in [-0.3, -0.25) is 9.78 Å². The largest absolute Gasteiger partial charge is 0.495 e. The molecule has 1 aliphatic rings. The van der Waals surface area contributed by atoms with E-state index in [0.717, 1.165) is 28.3 Å². The van der Waals surface area contributed by atoms with Gasteiger partial charge in [-0.1, -0.05) is 54.6 Å². The van der Waals surface area contributed by atoms with Crippen molar-refractivity contribution >= 4 is 39.7 Å². The summed E-state index contributed by atoms with van der Waals surface area (Å²) in [6.07, 6.45) is 2.06. The summed E-state index contributed by atoms with van der Waals surface area (Å²) < 4.78 is 7.72. The van der Waals surface area contributed by atoms with E-state index in [0.29, 0.717) is 23.1 Å². The summed E-state index contributed by atoms with van der Waals surface area (Å²) in [4.78, 5) is 19.9. The summed E-state index contributed by atoms with van der Waals surface area (Å²) in [5.41, 5.74) is 6.10. The predicted molar refractivity (Wildman–Crippen MR) is 171 cm³/mol. The number of nitrogens with zero attached hydrogens (tertiary/aromatic N) is 3. The SMILES string of the molecule is COc1ccccc1NC(=O)CCN1C(=S)NC(c2ccccn2)C1c1cc(C)n(-c2cccc3ccccc23)c1C. The third-order valence-corrected chi connectivity index (χ3v) is 8.31. The van der Waals surface area contributed by atoms with Crippen LogP contribution in [-0.2, 0) is 4.79 Å². The van der Waals surface area contributed by atoms with E-state index in [1.54, 1.807) is 13.3 Å². The van der Waals surface area contributed by atoms with E-state index in [2.05, 4.69) is 87.5 Å². The van der Waals surface area contributed by atoms with Gasteiger partial charge < -0.3 is 24.8 Å². The first kappa shape index (κ1) is 27.5. The molecule has 212 valence electrons. The maximum atomic E-state index is 13.1. The van der Waals surface area contributed by atoms with Crippen LogP contribution in [0, 0.1) is 13.8 Å². The molecule has 7 nitrogen and oxygen atoms in total. The highest BCUT2D eigenvalue weighted by atomic mass is 32.1. The molecule has 1 saturated heterocycles. The molecule has 42 heavy (non-hydrogen) atoms. The number of benzene rings is 3. The summed E-state index contributed by atoms with van der Waals surface area (Å²) in [6, 6.07) is 30.1. The number of methoxy groups -OCH3 is 1. The van der Waals surface area contributed by atoms with Crippen molar-refractivity contribution in [2.24, 2.45) is 0 Å². The van der Waals surface area contributed by atoms with Crippen molar-refractivity contribution in [1.29, 1.82) is 0 Å². The molecule has 5 aromatic rings. The number of rotatable bonds is 8. The lowest BCUT2D eigenvalue weighted by atomic mass is 9.96. The zero-order valence-electron chi connectivity index (χ0n) is 23.9. The number of amides is 1. The minimum Gasteiger partial charge on any atom is -0.495 e. The maximum Gasteiger partial charge on any atom is 0.226 e. The molecule has 1 amide bonds. The zero-order chi connectivity index (χ0) is 29.2. The Morgan fingerprint density at radius 3 is 2.57 bits per heavy atom. The molecular weight excluding hydrogens is 542 g/mol. The van der Waals surface area contributed by atoms with Crippen LogP contribution < -0.4 is 15.4 Å². The first-order valence-electron chi connectivity index (χ1n) is 14.0. The highest BCUT2D eigenvalue weighted by Crippen LogP contribution is 2.42. The fourth-order valence-electron chi connectivity index (χ4n) is 6.03. The lowest BCUT2D eigenvalue weighted by Gasteiger charge is -2.28. The second-order valence-corrected chi connectivity index (χ2v) is 10.9. The number of fused-ring (bicyclic) bond motifs is 1. The number of nitrogens with one attached hydrogen (secondary N) is 2. The second-order valence-electron chi connectivity index (χ2n) is 10.5. The number of ether oxygens (including phenoxy) is 1. The van der Waals surface area contributed by atoms with Gasteiger partial charge in [-0.15, -0.1) is 0 Å². The molecule has 2 aromatic heterocycles. The molecule has 3 heterocycles. The van der Waals surface area contributed by atoms with Crippen molar-refractivity contribution in [2.75, 3.05) is 19.0 Å². The van der Waals surface area contributed by atoms with Gasteiger partial charge in [0.25, 0.3) is 0 Å². The quantitative estimate of drug-likeness (QED) is 0.202. The molecule has 0 spiro atoms. The number of carbonyl (C=O) groups excluding carboxylic acids is 1. The van der Waals surface area contributed by atoms with Crippen LogP contribution in [-0.4, -0.2) is 39.1 Å². The van der Waals surface area contributed by atoms with Crippen LogP contribution in [0.25, 0.3) is 16.5 Å². The number of thiocarbonyl (C=S) groups is 1. The average molecular weight is 576 g/mol. The Balaban J connectivity index is 1.36. The van der Waals surface area contributed by atoms with Crippen LogP contribution >= 0.6 is 12.2 Å². The molecule has 8 heteroatoms. The molecule has 2 atom stereocenters. The van der Waals surface area contributed by atoms with E-state index >= 15 is 0 Å². The van der Waals surface area contributed by atoms with Crippen molar-refractivity contribution < 1.29 is 9.53 Å². The van der Waals surface area contributed by atoms with Crippen LogP contribution in [0.1, 0.15) is 41.1 Å². The molecule has 0 saturated carbocycles. The van der Waals surface area contributed by atoms with Gasteiger partial charge >= 0.3 is 0 Å². The molecule has 3 aromatic carbocycles. The van der Waals surface area contributed by atoms with Crippen molar-refractivity contribution in [2.45, 2.75) is 32.4 Å². The average Bonchev–Trinajstić information content (AvgIpc) is 3.50. The molecule has 6 rings (SSSR count). The smallest absolute Gasteiger partial charge is 0.226 e. The molecule has 2 N–H and O–H groups in total. The van der Waals surface area contributed by atoms with Gasteiger partial charge in [0, 0.05) is 35.9 Å². The minimum absolute atomic E-state index is 0.108. The van der Waals surface area contributed by atoms with Crippen molar-refractivity contribution in [1.82, 2.24) is 19.8 Å². The first-order valence-corrected chi connectivity index (χ1v) is 14.4. The van der Waals surface area contributed by atoms with Gasteiger partial charge in [-0.2, -0.15) is 0 Å². The van der Waals surface area contributed by atoms with Crippen LogP contribution in [0.5, 0.6) is 5.75 Å². The van der Waals surface area contributed by atoms with Crippen molar-refractivity contribution in [3.63, 3.8) is 0 Å². The van der Waals surface area contributed by atoms with Gasteiger partial charge in [0.1, 0.15) is 5.75 Å². The summed E-state index contributed by atoms with van der Waals surface area (Å²) >= 11 is 5.88. The third kappa shape index (κ3) is 5.10. The number of hydrogen-bond acceptors (Lipinski definition) is 4. The Bertz CT molecular complexity index is 1760. The van der Waals surface area contributed by atoms with Gasteiger partial charge in [0.05, 0.1) is 36.3 Å². The number of hydrogen-bond donors (Lipinski definition) is 2. The normalized spacial score (nSPS) is 16.5. The molecular formula is C34H33N5O2S. The predicted octanol–water partition coefficient (Wildman–Crippen LogP) is 6.65. The second kappa shape index (κ2) is 11.7. The van der Waals surface area contributed by atoms with E-state index in [-0.39, 0.29) is 24.4 Å². The van der Waals surface area contributed by atoms with E-state index < -0.39 is 0 Å². The minimum atomic E-state index is -0.169. The lowest BCUT2D eigenvalue weighted by molar-refractivity contribution is -0.116. The number of pyridine rings is 1. The maximum absolute atomic E-state index is 13.1. The van der Waals surface area contributed by atoms with Crippen LogP contribution in [0.2, 0.25) is 0 Å². The molecule has 0 aliphatic carbocycles. The van der Waals surface area contributed by atoms with Crippen LogP contribution in [0.15, 0.2) is 97.2 Å². The van der Waals surface area contributed by atoms with Crippen LogP contribution in [0.3, 0.4) is 0 Å². The summed E-state index contributed by atoms with van der Waals surface area (Å²) in [5, 5.41) is 9.51. The zero-order valence-corrected chi connectivity index (χ0v) is 24.7. The molecule has 0 radical (unpaired) electrons. The van der Waals surface area contributed by atoms with Crippen molar-refractivity contribution in [3.05, 3.63) is 120 Å². The Kier molecular flexibility index (Phi) is 7.63. The first-order chi connectivity index (χ1) is 20.5. The van der Waals surface area contributed by atoms with Crippen LogP contribution in [0.4, 0.5) is 5.69 Å². The fraction of sp³-hybridized carbons (Fsp3) is 0.206. The highest BCUT2D eigenvalue weighted by Gasteiger charge is 2.41. The third-order valence-electron chi connectivity index (χ3n) is 7.96. The van der Waals surface area contributed by atoms with Gasteiger partial charge in [-0.05, 0) is 73.4 Å². The number of para-hydroxylation sites is 2. The Morgan fingerprint density at radius 1 is 1.00 bits per heavy atom. The standard InChI is InChI=1S/C34H33N5O2S/c1-22-21-26(23(2)39(22)29-16-10-12-24-11-4-5-13-25(24)29)33-32(28-15-8-9-19-35-28)37-34(42)38(33)20-18-31(40)36-27-14-6-7-17-30(27)41-3/h4-17,19,21,32-33H,18,20H2,1-3H3,(H,36,40)(H,37,42). The fourth-order valence-corrected chi connectivity index (χ4v) is 6.36. The van der Waals surface area contributed by atoms with Gasteiger partial charge in [0.15, 0.2) is 5.11 Å². The molecule has 0 bridgehead atoms. The van der Waals surface area contributed by atoms with E-state index in [4.69, 9.17) is 17.0 Å². The monoisotopic (exact) mass is 575 g/mol. The van der Waals surface area contributed by atoms with Gasteiger partial charge in [-0.25, -0.2) is 0 Å². The van der Waals surface area contributed by atoms with E-state index in [9.17, 15) is 4.79 Å². The number of aromatic nitrogens is 2. The Hall–Kier alpha value is -4.69. The number of aryl methyl sites for hydroxylation is 1. The Morgan fingerprint density at radius 2 is 1.76 bits per heavy atom. The van der Waals surface area contributed by atoms with E-state index in [1.807, 2.05) is 42.5 Å². The number of carbonyl (C=O) groups is 1. The molecule has 2 unspecified atom stereocenters. The van der Waals surface area contributed by atoms with Crippen molar-refractivity contribution in [3.8, 4) is 11.4 Å². The lowest BCUT2D eigenvalue weighted by Crippen LogP contribution is -2.33. The number of anilines is 1. The molecule has 1 fully saturated rings. The van der Waals surface area contributed by atoms with Gasteiger partial charge in [0.2, 0.25) is 5.91 Å².